The first-order valence-corrected chi connectivity index (χ1v) is 5.64. The molecule has 0 atom stereocenters. The van der Waals surface area contributed by atoms with Gasteiger partial charge in [-0.25, -0.2) is 0 Å². The summed E-state index contributed by atoms with van der Waals surface area (Å²) in [7, 11) is -1.35. The molecule has 1 rings (SSSR count). The summed E-state index contributed by atoms with van der Waals surface area (Å²) in [4.78, 5) is 11.4. The lowest BCUT2D eigenvalue weighted by Crippen LogP contribution is -1.99. The van der Waals surface area contributed by atoms with Gasteiger partial charge in [-0.1, -0.05) is 0 Å². The van der Waals surface area contributed by atoms with E-state index >= 15 is 0 Å². The van der Waals surface area contributed by atoms with Crippen LogP contribution < -0.4 is 0 Å². The average molecular weight is 230 g/mol. The smallest absolute Gasteiger partial charge is 0.400 e. The van der Waals surface area contributed by atoms with E-state index < -0.39 is 13.1 Å². The van der Waals surface area contributed by atoms with Crippen molar-refractivity contribution in [3.8, 4) is 0 Å². The summed E-state index contributed by atoms with van der Waals surface area (Å²) in [5, 5.41) is 0. The molecule has 0 N–H and O–H groups in total. The lowest BCUT2D eigenvalue weighted by Gasteiger charge is -2.08. The van der Waals surface area contributed by atoms with Gasteiger partial charge in [-0.2, -0.15) is 0 Å². The maximum absolute atomic E-state index is 11.5. The van der Waals surface area contributed by atoms with Gasteiger partial charge in [0.2, 0.25) is 0 Å². The van der Waals surface area contributed by atoms with Gasteiger partial charge in [0.05, 0.1) is 6.26 Å². The van der Waals surface area contributed by atoms with Crippen molar-refractivity contribution in [2.24, 2.45) is 0 Å². The van der Waals surface area contributed by atoms with Crippen LogP contribution in [0.3, 0.4) is 0 Å². The van der Waals surface area contributed by atoms with Crippen molar-refractivity contribution in [1.29, 1.82) is 0 Å². The van der Waals surface area contributed by atoms with Crippen molar-refractivity contribution in [2.45, 2.75) is 0 Å². The molecule has 1 heterocycles. The van der Waals surface area contributed by atoms with Gasteiger partial charge in [0.1, 0.15) is 5.76 Å². The first-order chi connectivity index (χ1) is 7.12. The van der Waals surface area contributed by atoms with Gasteiger partial charge in [-0.15, -0.1) is 0 Å². The van der Waals surface area contributed by atoms with Crippen molar-refractivity contribution in [3.05, 3.63) is 30.2 Å². The molecule has 0 spiro atoms. The molecule has 0 saturated carbocycles. The van der Waals surface area contributed by atoms with E-state index in [-0.39, 0.29) is 0 Å². The molecule has 0 bridgehead atoms. The number of allylic oxidation sites excluding steroid dienone is 1. The second-order valence-corrected chi connectivity index (χ2v) is 4.72. The predicted octanol–water partition coefficient (Wildman–Crippen LogP) is 2.31. The number of furan rings is 1. The topological polar surface area (TPSA) is 65.7 Å². The Morgan fingerprint density at radius 2 is 2.13 bits per heavy atom. The molecule has 1 aromatic heterocycles. The zero-order chi connectivity index (χ0) is 11.3. The molecule has 6 heteroatoms. The van der Waals surface area contributed by atoms with Crippen molar-refractivity contribution in [3.63, 3.8) is 0 Å². The first-order valence-electron chi connectivity index (χ1n) is 4.10. The Kier molecular flexibility index (Phi) is 4.03. The highest BCUT2D eigenvalue weighted by Crippen LogP contribution is 2.47. The van der Waals surface area contributed by atoms with Crippen LogP contribution in [-0.4, -0.2) is 19.7 Å². The maximum Gasteiger partial charge on any atom is 0.400 e. The first kappa shape index (κ1) is 11.9. The molecular formula is C9H11O5P. The third-order valence-electron chi connectivity index (χ3n) is 1.68. The van der Waals surface area contributed by atoms with Gasteiger partial charge in [0.15, 0.2) is 0 Å². The summed E-state index contributed by atoms with van der Waals surface area (Å²) in [5.41, 5.74) is -0.719. The average Bonchev–Trinajstić information content (AvgIpc) is 2.77. The molecule has 1 aromatic rings. The van der Waals surface area contributed by atoms with E-state index in [4.69, 9.17) is 4.42 Å². The van der Waals surface area contributed by atoms with E-state index in [9.17, 15) is 9.36 Å². The second-order valence-electron chi connectivity index (χ2n) is 2.55. The van der Waals surface area contributed by atoms with Crippen LogP contribution in [0.25, 0.3) is 6.08 Å². The maximum atomic E-state index is 11.5. The molecule has 0 radical (unpaired) electrons. The Bertz CT molecular complexity index is 385. The largest absolute Gasteiger partial charge is 0.465 e. The van der Waals surface area contributed by atoms with E-state index in [1.807, 2.05) is 0 Å². The van der Waals surface area contributed by atoms with Gasteiger partial charge in [0, 0.05) is 14.2 Å². The van der Waals surface area contributed by atoms with Crippen molar-refractivity contribution < 1.29 is 22.8 Å². The van der Waals surface area contributed by atoms with Crippen LogP contribution in [0.5, 0.6) is 0 Å². The Balaban J connectivity index is 2.75. The fraction of sp³-hybridized carbons (Fsp3) is 0.222. The minimum Gasteiger partial charge on any atom is -0.465 e. The molecule has 0 aromatic carbocycles. The summed E-state index contributed by atoms with van der Waals surface area (Å²) in [5.74, 6) is 0.488. The van der Waals surface area contributed by atoms with Crippen LogP contribution in [0.4, 0.5) is 0 Å². The second kappa shape index (κ2) is 5.07. The van der Waals surface area contributed by atoms with Crippen LogP contribution in [0.1, 0.15) is 5.76 Å². The normalized spacial score (nSPS) is 12.1. The standard InChI is InChI=1S/C9H11O5P/c1-12-15(11,13-2)9(10)6-5-8-4-3-7-14-8/h3-7H,1-2H3/b6-5+. The van der Waals surface area contributed by atoms with Crippen LogP contribution in [-0.2, 0) is 18.4 Å². The number of hydrogen-bond acceptors (Lipinski definition) is 5. The predicted molar refractivity (Wildman–Crippen MR) is 54.4 cm³/mol. The van der Waals surface area contributed by atoms with E-state index in [2.05, 4.69) is 9.05 Å². The molecule has 0 unspecified atom stereocenters. The van der Waals surface area contributed by atoms with Gasteiger partial charge in [0.25, 0.3) is 5.52 Å². The minimum absolute atomic E-state index is 0.488. The molecule has 0 aliphatic carbocycles. The van der Waals surface area contributed by atoms with Crippen LogP contribution in [0.2, 0.25) is 0 Å². The summed E-state index contributed by atoms with van der Waals surface area (Å²) < 4.78 is 25.5. The fourth-order valence-corrected chi connectivity index (χ4v) is 1.65. The molecule has 0 aliphatic heterocycles. The van der Waals surface area contributed by atoms with E-state index in [1.54, 1.807) is 12.1 Å². The Morgan fingerprint density at radius 3 is 2.60 bits per heavy atom. The molecule has 0 aliphatic rings. The fourth-order valence-electron chi connectivity index (χ4n) is 0.885. The molecule has 82 valence electrons. The molecular weight excluding hydrogens is 219 g/mol. The van der Waals surface area contributed by atoms with Crippen LogP contribution >= 0.6 is 7.60 Å². The minimum atomic E-state index is -3.66. The highest BCUT2D eigenvalue weighted by molar-refractivity contribution is 7.72. The summed E-state index contributed by atoms with van der Waals surface area (Å²) in [6, 6.07) is 3.34. The van der Waals surface area contributed by atoms with Crippen LogP contribution in [0, 0.1) is 0 Å². The van der Waals surface area contributed by atoms with Crippen LogP contribution in [0.15, 0.2) is 28.9 Å². The summed E-state index contributed by atoms with van der Waals surface area (Å²) in [6.45, 7) is 0. The third kappa shape index (κ3) is 2.89. The molecule has 0 amide bonds. The van der Waals surface area contributed by atoms with E-state index in [0.29, 0.717) is 5.76 Å². The summed E-state index contributed by atoms with van der Waals surface area (Å²) in [6.07, 6.45) is 3.97. The monoisotopic (exact) mass is 230 g/mol. The van der Waals surface area contributed by atoms with Gasteiger partial charge in [-0.05, 0) is 24.3 Å². The van der Waals surface area contributed by atoms with Gasteiger partial charge < -0.3 is 13.5 Å². The zero-order valence-electron chi connectivity index (χ0n) is 8.38. The lowest BCUT2D eigenvalue weighted by molar-refractivity contribution is -0.109. The van der Waals surface area contributed by atoms with Gasteiger partial charge in [-0.3, -0.25) is 9.36 Å². The number of rotatable bonds is 5. The number of hydrogen-bond donors (Lipinski definition) is 0. The SMILES string of the molecule is COP(=O)(OC)C(=O)/C=C/c1ccco1. The van der Waals surface area contributed by atoms with Crippen molar-refractivity contribution >= 4 is 19.2 Å². The van der Waals surface area contributed by atoms with Gasteiger partial charge >= 0.3 is 7.60 Å². The molecule has 0 saturated heterocycles. The summed E-state index contributed by atoms with van der Waals surface area (Å²) >= 11 is 0. The highest BCUT2D eigenvalue weighted by atomic mass is 31.2. The molecule has 15 heavy (non-hydrogen) atoms. The Labute approximate surface area is 87.2 Å². The van der Waals surface area contributed by atoms with E-state index in [1.165, 1.54) is 12.3 Å². The van der Waals surface area contributed by atoms with Crippen molar-refractivity contribution in [1.82, 2.24) is 0 Å². The quantitative estimate of drug-likeness (QED) is 0.573. The number of carbonyl (C=O) groups is 1. The van der Waals surface area contributed by atoms with Crippen molar-refractivity contribution in [2.75, 3.05) is 14.2 Å². The Hall–Kier alpha value is -1.16. The highest BCUT2D eigenvalue weighted by Gasteiger charge is 2.29. The number of carbonyl (C=O) groups excluding carboxylic acids is 1. The third-order valence-corrected chi connectivity index (χ3v) is 3.33. The molecule has 0 fully saturated rings. The Morgan fingerprint density at radius 1 is 1.47 bits per heavy atom. The lowest BCUT2D eigenvalue weighted by atomic mass is 10.4. The van der Waals surface area contributed by atoms with E-state index in [0.717, 1.165) is 20.3 Å². The molecule has 5 nitrogen and oxygen atoms in total. The zero-order valence-corrected chi connectivity index (χ0v) is 9.27.